The van der Waals surface area contributed by atoms with Crippen LogP contribution in [0, 0.1) is 3.57 Å². The molecule has 0 aliphatic carbocycles. The van der Waals surface area contributed by atoms with Gasteiger partial charge in [0.2, 0.25) is 10.1 Å². The fraction of sp³-hybridized carbons (Fsp3) is 0.167. The SMILES string of the molecule is FC(F)(F)c1nnc(-n2cc(I)cn2)s1. The molecule has 2 aromatic rings. The van der Waals surface area contributed by atoms with Crippen LogP contribution in [0.4, 0.5) is 13.2 Å². The molecule has 15 heavy (non-hydrogen) atoms. The van der Waals surface area contributed by atoms with Gasteiger partial charge in [-0.2, -0.15) is 18.3 Å². The highest BCUT2D eigenvalue weighted by atomic mass is 127. The first-order valence-corrected chi connectivity index (χ1v) is 5.47. The summed E-state index contributed by atoms with van der Waals surface area (Å²) in [4.78, 5) is 0. The number of rotatable bonds is 1. The van der Waals surface area contributed by atoms with Crippen molar-refractivity contribution in [2.75, 3.05) is 0 Å². The Kier molecular flexibility index (Phi) is 2.66. The Labute approximate surface area is 99.3 Å². The van der Waals surface area contributed by atoms with Gasteiger partial charge in [0.05, 0.1) is 9.77 Å². The Morgan fingerprint density at radius 1 is 1.33 bits per heavy atom. The van der Waals surface area contributed by atoms with Crippen LogP contribution >= 0.6 is 33.9 Å². The maximum absolute atomic E-state index is 12.2. The molecule has 2 rings (SSSR count). The minimum atomic E-state index is -4.45. The quantitative estimate of drug-likeness (QED) is 0.745. The first-order valence-electron chi connectivity index (χ1n) is 3.58. The molecule has 0 atom stereocenters. The summed E-state index contributed by atoms with van der Waals surface area (Å²) < 4.78 is 38.7. The summed E-state index contributed by atoms with van der Waals surface area (Å²) in [7, 11) is 0. The maximum Gasteiger partial charge on any atom is 0.445 e. The average Bonchev–Trinajstić information content (AvgIpc) is 2.69. The summed E-state index contributed by atoms with van der Waals surface area (Å²) in [6, 6.07) is 0. The molecule has 80 valence electrons. The Morgan fingerprint density at radius 2 is 2.07 bits per heavy atom. The first-order chi connectivity index (χ1) is 6.97. The lowest BCUT2D eigenvalue weighted by atomic mass is 10.7. The zero-order chi connectivity index (χ0) is 11.1. The summed E-state index contributed by atoms with van der Waals surface area (Å²) in [5, 5.41) is 9.43. The van der Waals surface area contributed by atoms with Crippen LogP contribution in [0.2, 0.25) is 0 Å². The zero-order valence-corrected chi connectivity index (χ0v) is 9.84. The van der Waals surface area contributed by atoms with Gasteiger partial charge in [-0.3, -0.25) is 0 Å². The molecule has 0 bridgehead atoms. The van der Waals surface area contributed by atoms with Gasteiger partial charge >= 0.3 is 6.18 Å². The van der Waals surface area contributed by atoms with E-state index in [-0.39, 0.29) is 5.13 Å². The molecule has 0 radical (unpaired) electrons. The van der Waals surface area contributed by atoms with E-state index in [4.69, 9.17) is 0 Å². The molecule has 0 fully saturated rings. The second-order valence-electron chi connectivity index (χ2n) is 2.49. The minimum absolute atomic E-state index is 0.102. The third kappa shape index (κ3) is 2.27. The van der Waals surface area contributed by atoms with Gasteiger partial charge in [0.15, 0.2) is 0 Å². The topological polar surface area (TPSA) is 43.6 Å². The highest BCUT2D eigenvalue weighted by molar-refractivity contribution is 14.1. The lowest BCUT2D eigenvalue weighted by Gasteiger charge is -1.97. The molecule has 0 aromatic carbocycles. The lowest BCUT2D eigenvalue weighted by molar-refractivity contribution is -0.138. The highest BCUT2D eigenvalue weighted by Gasteiger charge is 2.35. The van der Waals surface area contributed by atoms with Crippen LogP contribution in [0.3, 0.4) is 0 Å². The summed E-state index contributed by atoms with van der Waals surface area (Å²) >= 11 is 2.46. The maximum atomic E-state index is 12.2. The molecule has 4 nitrogen and oxygen atoms in total. The molecule has 0 aliphatic rings. The summed E-state index contributed by atoms with van der Waals surface area (Å²) in [5.41, 5.74) is 0. The summed E-state index contributed by atoms with van der Waals surface area (Å²) in [6.07, 6.45) is -1.35. The molecule has 0 amide bonds. The van der Waals surface area contributed by atoms with Crippen molar-refractivity contribution < 1.29 is 13.2 Å². The third-order valence-electron chi connectivity index (χ3n) is 1.40. The van der Waals surface area contributed by atoms with Gasteiger partial charge in [0.25, 0.3) is 0 Å². The number of halogens is 4. The van der Waals surface area contributed by atoms with Crippen molar-refractivity contribution in [1.82, 2.24) is 20.0 Å². The second kappa shape index (κ2) is 3.70. The van der Waals surface area contributed by atoms with E-state index < -0.39 is 11.2 Å². The predicted octanol–water partition coefficient (Wildman–Crippen LogP) is 2.35. The van der Waals surface area contributed by atoms with E-state index in [2.05, 4.69) is 15.3 Å². The van der Waals surface area contributed by atoms with Gasteiger partial charge in [-0.05, 0) is 22.6 Å². The van der Waals surface area contributed by atoms with Crippen LogP contribution in [-0.4, -0.2) is 20.0 Å². The van der Waals surface area contributed by atoms with E-state index in [1.807, 2.05) is 22.6 Å². The Bertz CT molecular complexity index is 477. The van der Waals surface area contributed by atoms with Crippen LogP contribution < -0.4 is 0 Å². The minimum Gasteiger partial charge on any atom is -0.211 e. The van der Waals surface area contributed by atoms with E-state index in [1.165, 1.54) is 10.9 Å². The van der Waals surface area contributed by atoms with Crippen LogP contribution in [0.1, 0.15) is 5.01 Å². The van der Waals surface area contributed by atoms with Crippen LogP contribution in [-0.2, 0) is 6.18 Å². The first kappa shape index (κ1) is 10.8. The van der Waals surface area contributed by atoms with Gasteiger partial charge in [-0.1, -0.05) is 11.3 Å². The predicted molar refractivity (Wildman–Crippen MR) is 54.8 cm³/mol. The fourth-order valence-electron chi connectivity index (χ4n) is 0.828. The molecule has 9 heteroatoms. The van der Waals surface area contributed by atoms with E-state index >= 15 is 0 Å². The van der Waals surface area contributed by atoms with Gasteiger partial charge in [0.1, 0.15) is 0 Å². The van der Waals surface area contributed by atoms with E-state index in [0.717, 1.165) is 3.57 Å². The van der Waals surface area contributed by atoms with Gasteiger partial charge < -0.3 is 0 Å². The molecule has 0 aliphatic heterocycles. The van der Waals surface area contributed by atoms with Crippen molar-refractivity contribution in [3.63, 3.8) is 0 Å². The number of hydrogen-bond acceptors (Lipinski definition) is 4. The standard InChI is InChI=1S/C6H2F3IN4S/c7-6(8,9)4-12-13-5(15-4)14-2-3(10)1-11-14/h1-2H. The van der Waals surface area contributed by atoms with Crippen molar-refractivity contribution in [1.29, 1.82) is 0 Å². The monoisotopic (exact) mass is 346 g/mol. The molecule has 2 heterocycles. The van der Waals surface area contributed by atoms with Crippen molar-refractivity contribution >= 4 is 33.9 Å². The lowest BCUT2D eigenvalue weighted by Crippen LogP contribution is -2.03. The highest BCUT2D eigenvalue weighted by Crippen LogP contribution is 2.32. The summed E-state index contributed by atoms with van der Waals surface area (Å²) in [6.45, 7) is 0. The molecule has 0 N–H and O–H groups in total. The zero-order valence-electron chi connectivity index (χ0n) is 6.86. The van der Waals surface area contributed by atoms with E-state index in [9.17, 15) is 13.2 Å². The largest absolute Gasteiger partial charge is 0.445 e. The average molecular weight is 346 g/mol. The van der Waals surface area contributed by atoms with Crippen molar-refractivity contribution in [3.8, 4) is 5.13 Å². The normalized spacial score (nSPS) is 12.0. The molecular weight excluding hydrogens is 344 g/mol. The van der Waals surface area contributed by atoms with E-state index in [1.54, 1.807) is 6.20 Å². The van der Waals surface area contributed by atoms with Crippen LogP contribution in [0.25, 0.3) is 5.13 Å². The number of hydrogen-bond donors (Lipinski definition) is 0. The van der Waals surface area contributed by atoms with Gasteiger partial charge in [-0.15, -0.1) is 10.2 Å². The number of nitrogens with zero attached hydrogens (tertiary/aromatic N) is 4. The fourth-order valence-corrected chi connectivity index (χ4v) is 1.86. The van der Waals surface area contributed by atoms with Crippen molar-refractivity contribution in [2.24, 2.45) is 0 Å². The van der Waals surface area contributed by atoms with Crippen LogP contribution in [0.5, 0.6) is 0 Å². The van der Waals surface area contributed by atoms with Crippen molar-refractivity contribution in [2.45, 2.75) is 6.18 Å². The Hall–Kier alpha value is -0.710. The third-order valence-corrected chi connectivity index (χ3v) is 2.92. The molecule has 0 spiro atoms. The molecule has 0 saturated heterocycles. The second-order valence-corrected chi connectivity index (χ2v) is 4.69. The number of aromatic nitrogens is 4. The number of alkyl halides is 3. The van der Waals surface area contributed by atoms with Gasteiger partial charge in [-0.25, -0.2) is 4.68 Å². The van der Waals surface area contributed by atoms with Crippen LogP contribution in [0.15, 0.2) is 12.4 Å². The Balaban J connectivity index is 2.36. The van der Waals surface area contributed by atoms with E-state index in [0.29, 0.717) is 11.3 Å². The molecule has 2 aromatic heterocycles. The molecular formula is C6H2F3IN4S. The Morgan fingerprint density at radius 3 is 2.53 bits per heavy atom. The summed E-state index contributed by atoms with van der Waals surface area (Å²) in [5.74, 6) is 0. The van der Waals surface area contributed by atoms with Gasteiger partial charge in [0, 0.05) is 6.20 Å². The smallest absolute Gasteiger partial charge is 0.211 e. The molecule has 0 unspecified atom stereocenters. The van der Waals surface area contributed by atoms with Crippen molar-refractivity contribution in [3.05, 3.63) is 21.0 Å². The molecule has 0 saturated carbocycles.